The Morgan fingerprint density at radius 3 is 2.35 bits per heavy atom. The standard InChI is InChI=1S/C27H29ClN4O2/c1-19-12-23(20-6-7-26(25(28)15-20)32(18-33)11-10-30(2)3)27(34)24(13-19)21-14-22(17-29-16-21)31-8-4-5-9-31/h6-7,10-18,34H,4-5,8-9H2,1-3H3/b11-10-. The van der Waals surface area contributed by atoms with Gasteiger partial charge in [0.05, 0.1) is 22.6 Å². The summed E-state index contributed by atoms with van der Waals surface area (Å²) < 4.78 is 0. The molecule has 1 amide bonds. The quantitative estimate of drug-likeness (QED) is 0.444. The van der Waals surface area contributed by atoms with Crippen LogP contribution in [0, 0.1) is 6.92 Å². The molecule has 3 aromatic rings. The number of benzene rings is 2. The number of phenolic OH excluding ortho intramolecular Hbond substituents is 1. The molecular weight excluding hydrogens is 448 g/mol. The lowest BCUT2D eigenvalue weighted by molar-refractivity contribution is -0.106. The Balaban J connectivity index is 1.72. The minimum Gasteiger partial charge on any atom is -0.507 e. The van der Waals surface area contributed by atoms with E-state index in [9.17, 15) is 9.90 Å². The van der Waals surface area contributed by atoms with Gasteiger partial charge in [-0.1, -0.05) is 17.7 Å². The van der Waals surface area contributed by atoms with E-state index in [1.807, 2.05) is 50.3 Å². The Bertz CT molecular complexity index is 1220. The van der Waals surface area contributed by atoms with Crippen LogP contribution in [0.5, 0.6) is 5.75 Å². The summed E-state index contributed by atoms with van der Waals surface area (Å²) in [5.41, 5.74) is 5.69. The van der Waals surface area contributed by atoms with Crippen molar-refractivity contribution >= 4 is 29.4 Å². The molecule has 0 spiro atoms. The van der Waals surface area contributed by atoms with Crippen molar-refractivity contribution in [2.24, 2.45) is 0 Å². The number of anilines is 2. The number of carbonyl (C=O) groups excluding carboxylic acids is 1. The first-order valence-electron chi connectivity index (χ1n) is 11.3. The Kier molecular flexibility index (Phi) is 7.08. The third kappa shape index (κ3) is 5.02. The Labute approximate surface area is 205 Å². The van der Waals surface area contributed by atoms with Crippen LogP contribution in [0.1, 0.15) is 18.4 Å². The number of phenols is 1. The van der Waals surface area contributed by atoms with Crippen LogP contribution >= 0.6 is 11.6 Å². The van der Waals surface area contributed by atoms with Gasteiger partial charge >= 0.3 is 0 Å². The van der Waals surface area contributed by atoms with Crippen molar-refractivity contribution in [3.05, 3.63) is 71.8 Å². The topological polar surface area (TPSA) is 59.9 Å². The van der Waals surface area contributed by atoms with E-state index >= 15 is 0 Å². The monoisotopic (exact) mass is 476 g/mol. The molecule has 1 saturated heterocycles. The van der Waals surface area contributed by atoms with Gasteiger partial charge in [-0.25, -0.2) is 0 Å². The first-order valence-corrected chi connectivity index (χ1v) is 11.7. The summed E-state index contributed by atoms with van der Waals surface area (Å²) in [6.07, 6.45) is 10.2. The molecule has 2 aromatic carbocycles. The Morgan fingerprint density at radius 1 is 1.00 bits per heavy atom. The molecule has 0 radical (unpaired) electrons. The average molecular weight is 477 g/mol. The van der Waals surface area contributed by atoms with E-state index in [1.54, 1.807) is 30.7 Å². The second-order valence-corrected chi connectivity index (χ2v) is 9.18. The number of carbonyl (C=O) groups is 1. The summed E-state index contributed by atoms with van der Waals surface area (Å²) in [7, 11) is 3.75. The van der Waals surface area contributed by atoms with Gasteiger partial charge < -0.3 is 14.9 Å². The number of pyridine rings is 1. The highest BCUT2D eigenvalue weighted by Gasteiger charge is 2.17. The van der Waals surface area contributed by atoms with Crippen molar-refractivity contribution in [3.63, 3.8) is 0 Å². The minimum atomic E-state index is 0.175. The minimum absolute atomic E-state index is 0.175. The van der Waals surface area contributed by atoms with Crippen LogP contribution in [0.15, 0.2) is 61.2 Å². The summed E-state index contributed by atoms with van der Waals surface area (Å²) in [4.78, 5) is 21.6. The lowest BCUT2D eigenvalue weighted by atomic mass is 9.95. The van der Waals surface area contributed by atoms with Gasteiger partial charge in [0.1, 0.15) is 5.75 Å². The zero-order valence-electron chi connectivity index (χ0n) is 19.7. The number of aromatic nitrogens is 1. The van der Waals surface area contributed by atoms with Gasteiger partial charge in [-0.05, 0) is 61.2 Å². The maximum atomic E-state index is 11.6. The number of amides is 1. The average Bonchev–Trinajstić information content (AvgIpc) is 3.36. The van der Waals surface area contributed by atoms with E-state index in [2.05, 4.69) is 16.0 Å². The van der Waals surface area contributed by atoms with Gasteiger partial charge in [0.2, 0.25) is 6.41 Å². The molecule has 0 atom stereocenters. The smallest absolute Gasteiger partial charge is 0.218 e. The zero-order valence-corrected chi connectivity index (χ0v) is 20.5. The van der Waals surface area contributed by atoms with E-state index in [0.29, 0.717) is 22.7 Å². The van der Waals surface area contributed by atoms with Crippen LogP contribution < -0.4 is 9.80 Å². The lowest BCUT2D eigenvalue weighted by Gasteiger charge is -2.19. The fraction of sp³-hybridized carbons (Fsp3) is 0.259. The van der Waals surface area contributed by atoms with Gasteiger partial charge in [-0.3, -0.25) is 14.7 Å². The van der Waals surface area contributed by atoms with Gasteiger partial charge in [-0.15, -0.1) is 0 Å². The summed E-state index contributed by atoms with van der Waals surface area (Å²) in [6, 6.07) is 11.4. The van der Waals surface area contributed by atoms with Gasteiger partial charge in [0, 0.05) is 62.5 Å². The molecule has 1 aliphatic heterocycles. The van der Waals surface area contributed by atoms with Crippen LogP contribution in [0.3, 0.4) is 0 Å². The van der Waals surface area contributed by atoms with Gasteiger partial charge in [0.25, 0.3) is 0 Å². The molecule has 2 heterocycles. The molecule has 1 N–H and O–H groups in total. The van der Waals surface area contributed by atoms with Gasteiger partial charge in [0.15, 0.2) is 0 Å². The molecule has 176 valence electrons. The molecule has 7 heteroatoms. The van der Waals surface area contributed by atoms with Crippen LogP contribution in [-0.2, 0) is 4.79 Å². The number of nitrogens with zero attached hydrogens (tertiary/aromatic N) is 4. The highest BCUT2D eigenvalue weighted by atomic mass is 35.5. The molecule has 0 unspecified atom stereocenters. The van der Waals surface area contributed by atoms with Crippen molar-refractivity contribution in [2.45, 2.75) is 19.8 Å². The van der Waals surface area contributed by atoms with Crippen LogP contribution in [0.25, 0.3) is 22.3 Å². The molecule has 6 nitrogen and oxygen atoms in total. The van der Waals surface area contributed by atoms with Crippen molar-refractivity contribution in [1.82, 2.24) is 9.88 Å². The summed E-state index contributed by atoms with van der Waals surface area (Å²) in [5, 5.41) is 11.7. The van der Waals surface area contributed by atoms with Crippen LogP contribution in [0.4, 0.5) is 11.4 Å². The zero-order chi connectivity index (χ0) is 24.2. The molecule has 1 aromatic heterocycles. The molecule has 0 saturated carbocycles. The maximum absolute atomic E-state index is 11.6. The summed E-state index contributed by atoms with van der Waals surface area (Å²) in [6.45, 7) is 4.06. The molecule has 34 heavy (non-hydrogen) atoms. The summed E-state index contributed by atoms with van der Waals surface area (Å²) >= 11 is 6.57. The van der Waals surface area contributed by atoms with Crippen molar-refractivity contribution in [1.29, 1.82) is 0 Å². The summed E-state index contributed by atoms with van der Waals surface area (Å²) in [5.74, 6) is 0.175. The number of aromatic hydroxyl groups is 1. The van der Waals surface area contributed by atoms with E-state index in [4.69, 9.17) is 11.6 Å². The fourth-order valence-electron chi connectivity index (χ4n) is 4.20. The molecule has 0 bridgehead atoms. The largest absolute Gasteiger partial charge is 0.507 e. The van der Waals surface area contributed by atoms with Crippen molar-refractivity contribution in [3.8, 4) is 28.0 Å². The predicted octanol–water partition coefficient (Wildman–Crippen LogP) is 5.68. The van der Waals surface area contributed by atoms with Crippen molar-refractivity contribution in [2.75, 3.05) is 37.0 Å². The number of aryl methyl sites for hydroxylation is 1. The maximum Gasteiger partial charge on any atom is 0.218 e. The van der Waals surface area contributed by atoms with Gasteiger partial charge in [-0.2, -0.15) is 0 Å². The van der Waals surface area contributed by atoms with E-state index in [-0.39, 0.29) is 5.75 Å². The van der Waals surface area contributed by atoms with E-state index in [1.165, 1.54) is 17.7 Å². The first-order chi connectivity index (χ1) is 16.4. The molecule has 0 aliphatic carbocycles. The second-order valence-electron chi connectivity index (χ2n) is 8.78. The highest BCUT2D eigenvalue weighted by molar-refractivity contribution is 6.34. The number of hydrogen-bond acceptors (Lipinski definition) is 5. The molecule has 4 rings (SSSR count). The lowest BCUT2D eigenvalue weighted by Crippen LogP contribution is -2.17. The normalized spacial score (nSPS) is 13.5. The number of hydrogen-bond donors (Lipinski definition) is 1. The Hall–Kier alpha value is -3.51. The van der Waals surface area contributed by atoms with E-state index < -0.39 is 0 Å². The SMILES string of the molecule is Cc1cc(-c2cncc(N3CCCC3)c2)c(O)c(-c2ccc(N(C=O)/C=C\N(C)C)c(Cl)c2)c1. The number of halogens is 1. The number of rotatable bonds is 7. The van der Waals surface area contributed by atoms with E-state index in [0.717, 1.165) is 41.0 Å². The van der Waals surface area contributed by atoms with Crippen LogP contribution in [0.2, 0.25) is 5.02 Å². The fourth-order valence-corrected chi connectivity index (χ4v) is 4.48. The Morgan fingerprint density at radius 2 is 1.71 bits per heavy atom. The highest BCUT2D eigenvalue weighted by Crippen LogP contribution is 2.41. The predicted molar refractivity (Wildman–Crippen MR) is 139 cm³/mol. The molecule has 1 fully saturated rings. The first kappa shape index (κ1) is 23.6. The van der Waals surface area contributed by atoms with Crippen LogP contribution in [-0.4, -0.2) is 48.6 Å². The third-order valence-electron chi connectivity index (χ3n) is 5.94. The van der Waals surface area contributed by atoms with Crippen molar-refractivity contribution < 1.29 is 9.90 Å². The molecule has 1 aliphatic rings. The third-order valence-corrected chi connectivity index (χ3v) is 6.24. The second kappa shape index (κ2) is 10.2. The molecular formula is C27H29ClN4O2.